The summed E-state index contributed by atoms with van der Waals surface area (Å²) in [5.74, 6) is 7.03. The number of benzene rings is 1. The fraction of sp³-hybridized carbons (Fsp3) is 0.231. The molecule has 0 atom stereocenters. The van der Waals surface area contributed by atoms with E-state index in [0.717, 1.165) is 6.26 Å². The first-order chi connectivity index (χ1) is 9.81. The molecule has 0 radical (unpaired) electrons. The van der Waals surface area contributed by atoms with Crippen LogP contribution in [0.3, 0.4) is 0 Å². The maximum Gasteiger partial charge on any atom is 0.227 e. The summed E-state index contributed by atoms with van der Waals surface area (Å²) in [5, 5.41) is 0. The van der Waals surface area contributed by atoms with Crippen LogP contribution in [-0.4, -0.2) is 24.6 Å². The van der Waals surface area contributed by atoms with E-state index in [4.69, 9.17) is 10.6 Å². The predicted molar refractivity (Wildman–Crippen MR) is 78.9 cm³/mol. The molecule has 0 aliphatic heterocycles. The van der Waals surface area contributed by atoms with E-state index in [2.05, 4.69) is 15.4 Å². The largest absolute Gasteiger partial charge is 0.439 e. The summed E-state index contributed by atoms with van der Waals surface area (Å²) in [7, 11) is -3.29. The van der Waals surface area contributed by atoms with Gasteiger partial charge in [-0.1, -0.05) is 6.07 Å². The molecule has 1 aromatic heterocycles. The molecule has 2 rings (SSSR count). The molecule has 0 saturated carbocycles. The van der Waals surface area contributed by atoms with Crippen molar-refractivity contribution in [3.63, 3.8) is 0 Å². The highest BCUT2D eigenvalue weighted by Crippen LogP contribution is 2.27. The van der Waals surface area contributed by atoms with Crippen LogP contribution in [0.2, 0.25) is 0 Å². The van der Waals surface area contributed by atoms with Crippen LogP contribution in [0.4, 0.5) is 5.82 Å². The number of nitrogens with one attached hydrogen (secondary N) is 1. The zero-order chi connectivity index (χ0) is 15.6. The van der Waals surface area contributed by atoms with E-state index in [1.165, 1.54) is 12.1 Å². The van der Waals surface area contributed by atoms with E-state index in [1.807, 2.05) is 0 Å². The number of rotatable bonds is 4. The lowest BCUT2D eigenvalue weighted by Gasteiger charge is -2.12. The standard InChI is InChI=1S/C13H16N4O3S/c1-8-12(17-14)15-9(2)16-13(8)20-10-5-4-6-11(7-10)21(3,18)19/h4-7H,14H2,1-3H3,(H,15,16,17). The van der Waals surface area contributed by atoms with E-state index in [-0.39, 0.29) is 4.90 Å². The summed E-state index contributed by atoms with van der Waals surface area (Å²) in [6.45, 7) is 3.46. The Labute approximate surface area is 123 Å². The minimum atomic E-state index is -3.29. The Morgan fingerprint density at radius 1 is 1.24 bits per heavy atom. The van der Waals surface area contributed by atoms with Crippen molar-refractivity contribution in [2.45, 2.75) is 18.7 Å². The monoisotopic (exact) mass is 308 g/mol. The van der Waals surface area contributed by atoms with Crippen LogP contribution in [0.15, 0.2) is 29.2 Å². The molecule has 0 spiro atoms. The van der Waals surface area contributed by atoms with Gasteiger partial charge in [-0.2, -0.15) is 4.98 Å². The van der Waals surface area contributed by atoms with Gasteiger partial charge in [-0.3, -0.25) is 0 Å². The fourth-order valence-electron chi connectivity index (χ4n) is 1.72. The third-order valence-electron chi connectivity index (χ3n) is 2.80. The zero-order valence-corrected chi connectivity index (χ0v) is 12.7. The van der Waals surface area contributed by atoms with E-state index in [1.54, 1.807) is 26.0 Å². The molecule has 1 aromatic carbocycles. The van der Waals surface area contributed by atoms with Gasteiger partial charge in [0.15, 0.2) is 9.84 Å². The number of ether oxygens (including phenoxy) is 1. The number of nitrogens with two attached hydrogens (primary N) is 1. The van der Waals surface area contributed by atoms with E-state index < -0.39 is 9.84 Å². The van der Waals surface area contributed by atoms with Crippen molar-refractivity contribution in [2.75, 3.05) is 11.7 Å². The molecule has 0 bridgehead atoms. The Bertz CT molecular complexity index is 775. The summed E-state index contributed by atoms with van der Waals surface area (Å²) >= 11 is 0. The van der Waals surface area contributed by atoms with Gasteiger partial charge in [0.2, 0.25) is 5.88 Å². The van der Waals surface area contributed by atoms with Crippen molar-refractivity contribution in [2.24, 2.45) is 5.84 Å². The van der Waals surface area contributed by atoms with Gasteiger partial charge >= 0.3 is 0 Å². The molecular formula is C13H16N4O3S. The highest BCUT2D eigenvalue weighted by atomic mass is 32.2. The summed E-state index contributed by atoms with van der Waals surface area (Å²) in [6, 6.07) is 6.22. The Morgan fingerprint density at radius 3 is 2.57 bits per heavy atom. The highest BCUT2D eigenvalue weighted by Gasteiger charge is 2.12. The number of hydrogen-bond acceptors (Lipinski definition) is 7. The minimum absolute atomic E-state index is 0.181. The van der Waals surface area contributed by atoms with Crippen LogP contribution in [0.25, 0.3) is 0 Å². The lowest BCUT2D eigenvalue weighted by molar-refractivity contribution is 0.454. The first kappa shape index (κ1) is 15.2. The number of hydrazine groups is 1. The van der Waals surface area contributed by atoms with E-state index in [0.29, 0.717) is 28.8 Å². The first-order valence-electron chi connectivity index (χ1n) is 6.11. The van der Waals surface area contributed by atoms with Crippen molar-refractivity contribution in [1.29, 1.82) is 0 Å². The van der Waals surface area contributed by atoms with Gasteiger partial charge in [0.1, 0.15) is 17.4 Å². The molecule has 1 heterocycles. The van der Waals surface area contributed by atoms with E-state index in [9.17, 15) is 8.42 Å². The lowest BCUT2D eigenvalue weighted by Crippen LogP contribution is -2.12. The number of nitrogen functional groups attached to an aromatic ring is 1. The average Bonchev–Trinajstić information content (AvgIpc) is 2.42. The quantitative estimate of drug-likeness (QED) is 0.652. The second kappa shape index (κ2) is 5.66. The topological polar surface area (TPSA) is 107 Å². The molecule has 0 saturated heterocycles. The Balaban J connectivity index is 2.41. The molecule has 0 aliphatic carbocycles. The molecule has 3 N–H and O–H groups in total. The fourth-order valence-corrected chi connectivity index (χ4v) is 2.38. The van der Waals surface area contributed by atoms with Crippen LogP contribution in [0.5, 0.6) is 11.6 Å². The third kappa shape index (κ3) is 3.47. The summed E-state index contributed by atoms with van der Waals surface area (Å²) in [4.78, 5) is 8.50. The van der Waals surface area contributed by atoms with Crippen molar-refractivity contribution in [3.8, 4) is 11.6 Å². The number of aryl methyl sites for hydroxylation is 1. The number of aromatic nitrogens is 2. The summed E-state index contributed by atoms with van der Waals surface area (Å²) < 4.78 is 28.8. The molecule has 0 amide bonds. The molecule has 21 heavy (non-hydrogen) atoms. The van der Waals surface area contributed by atoms with Crippen LogP contribution in [-0.2, 0) is 9.84 Å². The Hall–Kier alpha value is -2.19. The van der Waals surface area contributed by atoms with Gasteiger partial charge in [-0.15, -0.1) is 0 Å². The van der Waals surface area contributed by atoms with Crippen LogP contribution < -0.4 is 16.0 Å². The predicted octanol–water partition coefficient (Wildman–Crippen LogP) is 1.57. The SMILES string of the molecule is Cc1nc(NN)c(C)c(Oc2cccc(S(C)(=O)=O)c2)n1. The van der Waals surface area contributed by atoms with Crippen LogP contribution in [0, 0.1) is 13.8 Å². The molecular weight excluding hydrogens is 292 g/mol. The van der Waals surface area contributed by atoms with Gasteiger partial charge in [-0.25, -0.2) is 19.2 Å². The van der Waals surface area contributed by atoms with Gasteiger partial charge in [0, 0.05) is 6.26 Å². The van der Waals surface area contributed by atoms with Crippen LogP contribution in [0.1, 0.15) is 11.4 Å². The molecule has 0 unspecified atom stereocenters. The Kier molecular flexibility index (Phi) is 4.10. The summed E-state index contributed by atoms with van der Waals surface area (Å²) in [5.41, 5.74) is 3.10. The second-order valence-corrected chi connectivity index (χ2v) is 6.56. The normalized spacial score (nSPS) is 11.2. The number of nitrogens with zero attached hydrogens (tertiary/aromatic N) is 2. The van der Waals surface area contributed by atoms with Crippen molar-refractivity contribution in [3.05, 3.63) is 35.7 Å². The van der Waals surface area contributed by atoms with E-state index >= 15 is 0 Å². The van der Waals surface area contributed by atoms with Crippen molar-refractivity contribution in [1.82, 2.24) is 9.97 Å². The smallest absolute Gasteiger partial charge is 0.227 e. The minimum Gasteiger partial charge on any atom is -0.439 e. The molecule has 0 aliphatic rings. The maximum atomic E-state index is 11.6. The Morgan fingerprint density at radius 2 is 1.95 bits per heavy atom. The van der Waals surface area contributed by atoms with Crippen LogP contribution >= 0.6 is 0 Å². The number of anilines is 1. The van der Waals surface area contributed by atoms with Gasteiger partial charge in [0.05, 0.1) is 10.5 Å². The highest BCUT2D eigenvalue weighted by molar-refractivity contribution is 7.90. The van der Waals surface area contributed by atoms with Crippen molar-refractivity contribution < 1.29 is 13.2 Å². The number of hydrogen-bond donors (Lipinski definition) is 2. The lowest BCUT2D eigenvalue weighted by atomic mass is 10.3. The van der Waals surface area contributed by atoms with Crippen molar-refractivity contribution >= 4 is 15.7 Å². The average molecular weight is 308 g/mol. The molecule has 8 heteroatoms. The third-order valence-corrected chi connectivity index (χ3v) is 3.91. The summed E-state index contributed by atoms with van der Waals surface area (Å²) in [6.07, 6.45) is 1.14. The first-order valence-corrected chi connectivity index (χ1v) is 8.00. The maximum absolute atomic E-state index is 11.6. The van der Waals surface area contributed by atoms with Gasteiger partial charge in [-0.05, 0) is 32.0 Å². The zero-order valence-electron chi connectivity index (χ0n) is 11.9. The molecule has 112 valence electrons. The van der Waals surface area contributed by atoms with Gasteiger partial charge < -0.3 is 10.2 Å². The molecule has 0 fully saturated rings. The molecule has 7 nitrogen and oxygen atoms in total. The van der Waals surface area contributed by atoms with Gasteiger partial charge in [0.25, 0.3) is 0 Å². The number of sulfone groups is 1. The molecule has 2 aromatic rings. The second-order valence-electron chi connectivity index (χ2n) is 4.54.